The molecule has 0 bridgehead atoms. The van der Waals surface area contributed by atoms with E-state index < -0.39 is 0 Å². The molecule has 4 nitrogen and oxygen atoms in total. The Kier molecular flexibility index (Phi) is 5.62. The van der Waals surface area contributed by atoms with Crippen LogP contribution in [0, 0.1) is 5.82 Å². The number of carbonyl (C=O) groups excluding carboxylic acids is 1. The van der Waals surface area contributed by atoms with E-state index in [0.29, 0.717) is 12.5 Å². The molecule has 1 atom stereocenters. The van der Waals surface area contributed by atoms with Gasteiger partial charge in [0.15, 0.2) is 0 Å². The van der Waals surface area contributed by atoms with Gasteiger partial charge in [-0.15, -0.1) is 0 Å². The van der Waals surface area contributed by atoms with Crippen LogP contribution in [0.4, 0.5) is 4.39 Å². The molecule has 126 valence electrons. The van der Waals surface area contributed by atoms with E-state index in [0.717, 1.165) is 57.8 Å². The van der Waals surface area contributed by atoms with Crippen LogP contribution in [0.5, 0.6) is 0 Å². The third-order valence-corrected chi connectivity index (χ3v) is 4.79. The highest BCUT2D eigenvalue weighted by Crippen LogP contribution is 2.20. The standard InChI is InChI=1S/C18H25FN2O2/c19-16-6-4-15(5-7-16)13-18(22)21-8-2-1-3-17(21)14-20-9-11-23-12-10-20/h4-7,17H,1-3,8-14H2. The number of ether oxygens (including phenoxy) is 1. The lowest BCUT2D eigenvalue weighted by Gasteiger charge is -2.39. The minimum atomic E-state index is -0.260. The fraction of sp³-hybridized carbons (Fsp3) is 0.611. The summed E-state index contributed by atoms with van der Waals surface area (Å²) in [6, 6.07) is 6.55. The Morgan fingerprint density at radius 1 is 1.13 bits per heavy atom. The Morgan fingerprint density at radius 2 is 1.87 bits per heavy atom. The van der Waals surface area contributed by atoms with E-state index in [1.54, 1.807) is 12.1 Å². The molecule has 2 aliphatic rings. The van der Waals surface area contributed by atoms with Gasteiger partial charge in [0.1, 0.15) is 5.82 Å². The number of halogens is 1. The summed E-state index contributed by atoms with van der Waals surface area (Å²) in [5, 5.41) is 0. The average molecular weight is 320 g/mol. The topological polar surface area (TPSA) is 32.8 Å². The van der Waals surface area contributed by atoms with Gasteiger partial charge < -0.3 is 9.64 Å². The van der Waals surface area contributed by atoms with E-state index in [1.165, 1.54) is 18.6 Å². The van der Waals surface area contributed by atoms with E-state index in [9.17, 15) is 9.18 Å². The van der Waals surface area contributed by atoms with E-state index in [-0.39, 0.29) is 11.7 Å². The van der Waals surface area contributed by atoms with Crippen molar-refractivity contribution in [1.82, 2.24) is 9.80 Å². The SMILES string of the molecule is O=C(Cc1ccc(F)cc1)N1CCCCC1CN1CCOCC1. The van der Waals surface area contributed by atoms with Crippen molar-refractivity contribution in [3.63, 3.8) is 0 Å². The summed E-state index contributed by atoms with van der Waals surface area (Å²) in [4.78, 5) is 17.1. The molecule has 2 saturated heterocycles. The van der Waals surface area contributed by atoms with Crippen molar-refractivity contribution in [1.29, 1.82) is 0 Å². The van der Waals surface area contributed by atoms with Crippen molar-refractivity contribution in [2.45, 2.75) is 31.7 Å². The second-order valence-electron chi connectivity index (χ2n) is 6.45. The molecular formula is C18H25FN2O2. The van der Waals surface area contributed by atoms with Gasteiger partial charge in [0.2, 0.25) is 5.91 Å². The minimum absolute atomic E-state index is 0.162. The lowest BCUT2D eigenvalue weighted by Crippen LogP contribution is -2.51. The van der Waals surface area contributed by atoms with Crippen molar-refractivity contribution in [2.75, 3.05) is 39.4 Å². The first kappa shape index (κ1) is 16.4. The predicted octanol–water partition coefficient (Wildman–Crippen LogP) is 2.08. The van der Waals surface area contributed by atoms with Crippen LogP contribution < -0.4 is 0 Å². The molecule has 2 aliphatic heterocycles. The zero-order valence-electron chi connectivity index (χ0n) is 13.5. The van der Waals surface area contributed by atoms with Crippen LogP contribution in [0.15, 0.2) is 24.3 Å². The summed E-state index contributed by atoms with van der Waals surface area (Å²) in [6.45, 7) is 5.27. The lowest BCUT2D eigenvalue weighted by molar-refractivity contribution is -0.134. The monoisotopic (exact) mass is 320 g/mol. The number of hydrogen-bond donors (Lipinski definition) is 0. The zero-order chi connectivity index (χ0) is 16.1. The molecule has 1 aromatic rings. The largest absolute Gasteiger partial charge is 0.379 e. The fourth-order valence-corrected chi connectivity index (χ4v) is 3.48. The van der Waals surface area contributed by atoms with E-state index in [4.69, 9.17) is 4.74 Å². The summed E-state index contributed by atoms with van der Waals surface area (Å²) in [5.74, 6) is -0.0982. The van der Waals surface area contributed by atoms with Gasteiger partial charge in [-0.3, -0.25) is 9.69 Å². The van der Waals surface area contributed by atoms with Gasteiger partial charge in [-0.25, -0.2) is 4.39 Å². The zero-order valence-corrected chi connectivity index (χ0v) is 13.5. The van der Waals surface area contributed by atoms with Crippen LogP contribution in [-0.4, -0.2) is 61.1 Å². The number of piperidine rings is 1. The van der Waals surface area contributed by atoms with Gasteiger partial charge >= 0.3 is 0 Å². The molecule has 23 heavy (non-hydrogen) atoms. The number of nitrogens with zero attached hydrogens (tertiary/aromatic N) is 2. The number of carbonyl (C=O) groups is 1. The molecule has 3 rings (SSSR count). The van der Waals surface area contributed by atoms with Gasteiger partial charge in [0.05, 0.1) is 19.6 Å². The number of benzene rings is 1. The normalized spacial score (nSPS) is 23.0. The van der Waals surface area contributed by atoms with Crippen LogP contribution in [0.3, 0.4) is 0 Å². The second-order valence-corrected chi connectivity index (χ2v) is 6.45. The van der Waals surface area contributed by atoms with Crippen LogP contribution in [-0.2, 0) is 16.0 Å². The molecule has 0 aliphatic carbocycles. The molecule has 0 saturated carbocycles. The van der Waals surface area contributed by atoms with Crippen molar-refractivity contribution in [2.24, 2.45) is 0 Å². The van der Waals surface area contributed by atoms with Gasteiger partial charge in [-0.2, -0.15) is 0 Å². The number of hydrogen-bond acceptors (Lipinski definition) is 3. The third kappa shape index (κ3) is 4.52. The first-order valence-corrected chi connectivity index (χ1v) is 8.56. The van der Waals surface area contributed by atoms with Crippen LogP contribution >= 0.6 is 0 Å². The first-order valence-electron chi connectivity index (χ1n) is 8.56. The Balaban J connectivity index is 1.60. The molecule has 1 amide bonds. The quantitative estimate of drug-likeness (QED) is 0.851. The summed E-state index contributed by atoms with van der Waals surface area (Å²) < 4.78 is 18.4. The highest BCUT2D eigenvalue weighted by molar-refractivity contribution is 5.79. The predicted molar refractivity (Wildman–Crippen MR) is 86.7 cm³/mol. The number of rotatable bonds is 4. The highest BCUT2D eigenvalue weighted by atomic mass is 19.1. The van der Waals surface area contributed by atoms with Gasteiger partial charge in [0.25, 0.3) is 0 Å². The molecule has 0 N–H and O–H groups in total. The number of morpholine rings is 1. The van der Waals surface area contributed by atoms with E-state index >= 15 is 0 Å². The molecule has 0 aromatic heterocycles. The molecule has 1 aromatic carbocycles. The Bertz CT molecular complexity index is 514. The van der Waals surface area contributed by atoms with Crippen LogP contribution in [0.2, 0.25) is 0 Å². The van der Waals surface area contributed by atoms with Crippen molar-refractivity contribution in [3.05, 3.63) is 35.6 Å². The summed E-state index contributed by atoms with van der Waals surface area (Å²) in [5.41, 5.74) is 0.882. The first-order chi connectivity index (χ1) is 11.2. The maximum atomic E-state index is 13.0. The Hall–Kier alpha value is -1.46. The average Bonchev–Trinajstić information content (AvgIpc) is 2.58. The fourth-order valence-electron chi connectivity index (χ4n) is 3.48. The van der Waals surface area contributed by atoms with Crippen molar-refractivity contribution >= 4 is 5.91 Å². The Labute approximate surface area is 137 Å². The van der Waals surface area contributed by atoms with Crippen LogP contribution in [0.1, 0.15) is 24.8 Å². The molecule has 0 spiro atoms. The van der Waals surface area contributed by atoms with Gasteiger partial charge in [-0.1, -0.05) is 12.1 Å². The van der Waals surface area contributed by atoms with Gasteiger partial charge in [0, 0.05) is 32.2 Å². The van der Waals surface area contributed by atoms with E-state index in [1.807, 2.05) is 4.90 Å². The molecule has 5 heteroatoms. The summed E-state index contributed by atoms with van der Waals surface area (Å²) >= 11 is 0. The maximum absolute atomic E-state index is 13.0. The molecule has 2 heterocycles. The highest BCUT2D eigenvalue weighted by Gasteiger charge is 2.28. The molecule has 0 radical (unpaired) electrons. The third-order valence-electron chi connectivity index (χ3n) is 4.79. The minimum Gasteiger partial charge on any atom is -0.379 e. The van der Waals surface area contributed by atoms with Gasteiger partial charge in [-0.05, 0) is 37.0 Å². The van der Waals surface area contributed by atoms with Crippen molar-refractivity contribution in [3.8, 4) is 0 Å². The maximum Gasteiger partial charge on any atom is 0.227 e. The van der Waals surface area contributed by atoms with E-state index in [2.05, 4.69) is 4.90 Å². The summed E-state index contributed by atoms with van der Waals surface area (Å²) in [7, 11) is 0. The smallest absolute Gasteiger partial charge is 0.227 e. The lowest BCUT2D eigenvalue weighted by atomic mass is 10.00. The summed E-state index contributed by atoms with van der Waals surface area (Å²) in [6.07, 6.45) is 3.70. The number of likely N-dealkylation sites (tertiary alicyclic amines) is 1. The molecule has 2 fully saturated rings. The molecular weight excluding hydrogens is 295 g/mol. The molecule has 1 unspecified atom stereocenters. The second kappa shape index (κ2) is 7.88. The van der Waals surface area contributed by atoms with Crippen LogP contribution in [0.25, 0.3) is 0 Å². The Morgan fingerprint density at radius 3 is 2.61 bits per heavy atom. The van der Waals surface area contributed by atoms with Crippen molar-refractivity contribution < 1.29 is 13.9 Å². The number of amides is 1.